The summed E-state index contributed by atoms with van der Waals surface area (Å²) < 4.78 is 22.9. The van der Waals surface area contributed by atoms with Gasteiger partial charge in [0.05, 0.1) is 12.7 Å². The Balaban J connectivity index is 1.53. The van der Waals surface area contributed by atoms with Crippen LogP contribution in [0.3, 0.4) is 0 Å². The minimum atomic E-state index is 0.225. The molecular weight excluding hydrogens is 382 g/mol. The molecule has 2 aliphatic rings. The number of rotatable bonds is 9. The van der Waals surface area contributed by atoms with Crippen LogP contribution in [-0.4, -0.2) is 70.1 Å². The largest absolute Gasteiger partial charge is 0.494 e. The van der Waals surface area contributed by atoms with Gasteiger partial charge in [0.25, 0.3) is 0 Å². The summed E-state index contributed by atoms with van der Waals surface area (Å²) >= 11 is 0. The van der Waals surface area contributed by atoms with Gasteiger partial charge in [-0.05, 0) is 45.2 Å². The first kappa shape index (κ1) is 22.7. The van der Waals surface area contributed by atoms with Gasteiger partial charge in [0.15, 0.2) is 5.96 Å². The molecule has 3 rings (SSSR count). The number of nitrogens with one attached hydrogen (secondary N) is 1. The summed E-state index contributed by atoms with van der Waals surface area (Å²) in [6, 6.07) is 4.25. The number of aliphatic imine (C=N–C) groups is 1. The average molecular weight is 420 g/mol. The standard InChI is InChI=1S/C23H37N3O4/c1-5-28-21-14-18-13-17(2)30-22(18)15-19(21)16-25-23(24-3)26-9-7-20(8-10-26)29-12-6-11-27-4/h14-15,17,20H,5-13,16H2,1-4H3,(H,24,25). The van der Waals surface area contributed by atoms with Crippen molar-refractivity contribution < 1.29 is 18.9 Å². The van der Waals surface area contributed by atoms with Gasteiger partial charge in [-0.2, -0.15) is 0 Å². The fourth-order valence-electron chi connectivity index (χ4n) is 4.10. The topological polar surface area (TPSA) is 64.6 Å². The minimum Gasteiger partial charge on any atom is -0.494 e. The molecular formula is C23H37N3O4. The van der Waals surface area contributed by atoms with Gasteiger partial charge in [-0.3, -0.25) is 4.99 Å². The highest BCUT2D eigenvalue weighted by atomic mass is 16.5. The smallest absolute Gasteiger partial charge is 0.193 e. The minimum absolute atomic E-state index is 0.225. The Morgan fingerprint density at radius 2 is 2.07 bits per heavy atom. The SMILES string of the molecule is CCOc1cc2c(cc1CNC(=NC)N1CCC(OCCCOC)CC1)OC(C)C2. The lowest BCUT2D eigenvalue weighted by Crippen LogP contribution is -2.46. The van der Waals surface area contributed by atoms with Gasteiger partial charge >= 0.3 is 0 Å². The van der Waals surface area contributed by atoms with Crippen molar-refractivity contribution in [2.75, 3.05) is 47.1 Å². The van der Waals surface area contributed by atoms with E-state index in [4.69, 9.17) is 18.9 Å². The highest BCUT2D eigenvalue weighted by Crippen LogP contribution is 2.35. The van der Waals surface area contributed by atoms with Crippen LogP contribution in [0.5, 0.6) is 11.5 Å². The van der Waals surface area contributed by atoms with Crippen LogP contribution in [0.2, 0.25) is 0 Å². The van der Waals surface area contributed by atoms with E-state index in [2.05, 4.69) is 34.3 Å². The first-order chi connectivity index (χ1) is 14.6. The Hall–Kier alpha value is -1.99. The van der Waals surface area contributed by atoms with E-state index in [1.807, 2.05) is 14.0 Å². The number of ether oxygens (including phenoxy) is 4. The van der Waals surface area contributed by atoms with E-state index in [9.17, 15) is 0 Å². The molecule has 1 unspecified atom stereocenters. The summed E-state index contributed by atoms with van der Waals surface area (Å²) in [6.45, 7) is 8.83. The van der Waals surface area contributed by atoms with Crippen molar-refractivity contribution in [3.8, 4) is 11.5 Å². The van der Waals surface area contributed by atoms with Crippen molar-refractivity contribution in [1.82, 2.24) is 10.2 Å². The van der Waals surface area contributed by atoms with Gasteiger partial charge in [-0.15, -0.1) is 0 Å². The zero-order valence-corrected chi connectivity index (χ0v) is 18.9. The number of benzene rings is 1. The van der Waals surface area contributed by atoms with Crippen molar-refractivity contribution in [3.63, 3.8) is 0 Å². The molecule has 0 aromatic heterocycles. The molecule has 1 atom stereocenters. The maximum Gasteiger partial charge on any atom is 0.193 e. The molecule has 1 N–H and O–H groups in total. The van der Waals surface area contributed by atoms with Crippen LogP contribution < -0.4 is 14.8 Å². The van der Waals surface area contributed by atoms with Crippen LogP contribution in [-0.2, 0) is 22.4 Å². The van der Waals surface area contributed by atoms with E-state index in [1.54, 1.807) is 7.11 Å². The summed E-state index contributed by atoms with van der Waals surface area (Å²) in [6.07, 6.45) is 4.48. The Morgan fingerprint density at radius 1 is 1.27 bits per heavy atom. The summed E-state index contributed by atoms with van der Waals surface area (Å²) in [4.78, 5) is 6.81. The molecule has 1 saturated heterocycles. The predicted molar refractivity (Wildman–Crippen MR) is 119 cm³/mol. The normalized spacial score (nSPS) is 19.5. The second-order valence-electron chi connectivity index (χ2n) is 7.94. The van der Waals surface area contributed by atoms with Crippen LogP contribution in [0, 0.1) is 0 Å². The number of piperidine rings is 1. The monoisotopic (exact) mass is 419 g/mol. The molecule has 0 aliphatic carbocycles. The van der Waals surface area contributed by atoms with Crippen LogP contribution in [0.1, 0.15) is 44.2 Å². The van der Waals surface area contributed by atoms with E-state index in [0.717, 1.165) is 75.0 Å². The van der Waals surface area contributed by atoms with Crippen molar-refractivity contribution in [2.45, 2.75) is 58.3 Å². The fourth-order valence-corrected chi connectivity index (χ4v) is 4.10. The van der Waals surface area contributed by atoms with Gasteiger partial charge in [-0.1, -0.05) is 0 Å². The van der Waals surface area contributed by atoms with E-state index in [-0.39, 0.29) is 6.10 Å². The van der Waals surface area contributed by atoms with Crippen LogP contribution >= 0.6 is 0 Å². The molecule has 1 aromatic carbocycles. The van der Waals surface area contributed by atoms with Crippen LogP contribution in [0.25, 0.3) is 0 Å². The average Bonchev–Trinajstić information content (AvgIpc) is 3.11. The third-order valence-electron chi connectivity index (χ3n) is 5.62. The number of nitrogens with zero attached hydrogens (tertiary/aromatic N) is 2. The first-order valence-electron chi connectivity index (χ1n) is 11.2. The van der Waals surface area contributed by atoms with Crippen LogP contribution in [0.15, 0.2) is 17.1 Å². The van der Waals surface area contributed by atoms with Gasteiger partial charge in [0.2, 0.25) is 0 Å². The number of hydrogen-bond acceptors (Lipinski definition) is 5. The third-order valence-corrected chi connectivity index (χ3v) is 5.62. The van der Waals surface area contributed by atoms with Gasteiger partial charge < -0.3 is 29.2 Å². The van der Waals surface area contributed by atoms with Crippen molar-refractivity contribution in [2.24, 2.45) is 4.99 Å². The molecule has 0 spiro atoms. The lowest BCUT2D eigenvalue weighted by Gasteiger charge is -2.34. The number of fused-ring (bicyclic) bond motifs is 1. The lowest BCUT2D eigenvalue weighted by molar-refractivity contribution is 0.00989. The molecule has 0 radical (unpaired) electrons. The molecule has 1 aromatic rings. The van der Waals surface area contributed by atoms with Crippen LogP contribution in [0.4, 0.5) is 0 Å². The Morgan fingerprint density at radius 3 is 2.77 bits per heavy atom. The number of hydrogen-bond donors (Lipinski definition) is 1. The van der Waals surface area contributed by atoms with Gasteiger partial charge in [0.1, 0.15) is 17.6 Å². The van der Waals surface area contributed by atoms with Crippen molar-refractivity contribution in [3.05, 3.63) is 23.3 Å². The Bertz CT molecular complexity index is 702. The molecule has 30 heavy (non-hydrogen) atoms. The second kappa shape index (κ2) is 11.4. The van der Waals surface area contributed by atoms with E-state index in [1.165, 1.54) is 5.56 Å². The molecule has 7 nitrogen and oxygen atoms in total. The Kier molecular flexibility index (Phi) is 8.63. The lowest BCUT2D eigenvalue weighted by atomic mass is 10.1. The van der Waals surface area contributed by atoms with Gasteiger partial charge in [-0.25, -0.2) is 0 Å². The zero-order chi connectivity index (χ0) is 21.3. The molecule has 2 heterocycles. The number of guanidine groups is 1. The number of likely N-dealkylation sites (tertiary alicyclic amines) is 1. The molecule has 7 heteroatoms. The Labute approximate surface area is 180 Å². The third kappa shape index (κ3) is 6.01. The molecule has 2 aliphatic heterocycles. The first-order valence-corrected chi connectivity index (χ1v) is 11.2. The molecule has 0 saturated carbocycles. The summed E-state index contributed by atoms with van der Waals surface area (Å²) in [5.41, 5.74) is 2.33. The summed E-state index contributed by atoms with van der Waals surface area (Å²) in [5, 5.41) is 3.51. The highest BCUT2D eigenvalue weighted by Gasteiger charge is 2.24. The molecule has 168 valence electrons. The van der Waals surface area contributed by atoms with Crippen molar-refractivity contribution >= 4 is 5.96 Å². The maximum atomic E-state index is 5.97. The predicted octanol–water partition coefficient (Wildman–Crippen LogP) is 3.00. The van der Waals surface area contributed by atoms with Gasteiger partial charge in [0, 0.05) is 64.6 Å². The van der Waals surface area contributed by atoms with Crippen molar-refractivity contribution in [1.29, 1.82) is 0 Å². The fraction of sp³-hybridized carbons (Fsp3) is 0.696. The quantitative estimate of drug-likeness (QED) is 0.377. The zero-order valence-electron chi connectivity index (χ0n) is 18.9. The molecule has 0 amide bonds. The van der Waals surface area contributed by atoms with E-state index >= 15 is 0 Å². The number of methoxy groups -OCH3 is 1. The molecule has 0 bridgehead atoms. The van der Waals surface area contributed by atoms with E-state index in [0.29, 0.717) is 19.3 Å². The summed E-state index contributed by atoms with van der Waals surface area (Å²) in [5.74, 6) is 2.83. The maximum absolute atomic E-state index is 5.97. The molecule has 1 fully saturated rings. The van der Waals surface area contributed by atoms with E-state index < -0.39 is 0 Å². The summed E-state index contributed by atoms with van der Waals surface area (Å²) in [7, 11) is 3.57. The second-order valence-corrected chi connectivity index (χ2v) is 7.94. The highest BCUT2D eigenvalue weighted by molar-refractivity contribution is 5.80.